The predicted molar refractivity (Wildman–Crippen MR) is 33.1 cm³/mol. The SMILES string of the molecule is O=C1C=COSN1.[KH]. The van der Waals surface area contributed by atoms with Crippen molar-refractivity contribution < 1.29 is 8.98 Å². The third-order valence-electron chi connectivity index (χ3n) is 0.465. The fourth-order valence-electron chi connectivity index (χ4n) is 0.216. The van der Waals surface area contributed by atoms with Gasteiger partial charge in [0.05, 0.1) is 0 Å². The first kappa shape index (κ1) is 9.00. The van der Waals surface area contributed by atoms with Crippen molar-refractivity contribution in [2.24, 2.45) is 0 Å². The van der Waals surface area contributed by atoms with Crippen LogP contribution in [-0.4, -0.2) is 57.3 Å². The second kappa shape index (κ2) is 4.84. The van der Waals surface area contributed by atoms with Crippen molar-refractivity contribution in [3.63, 3.8) is 0 Å². The van der Waals surface area contributed by atoms with Gasteiger partial charge in [0, 0.05) is 6.08 Å². The molecule has 0 aromatic rings. The van der Waals surface area contributed by atoms with E-state index in [0.717, 1.165) is 12.2 Å². The molecule has 3 nitrogen and oxygen atoms in total. The molecule has 0 atom stereocenters. The Balaban J connectivity index is 0.000000490. The number of carbonyl (C=O) groups is 1. The Bertz CT molecular complexity index is 116. The van der Waals surface area contributed by atoms with Gasteiger partial charge in [-0.2, -0.15) is 0 Å². The fourth-order valence-corrected chi connectivity index (χ4v) is 0.526. The molecule has 1 aliphatic heterocycles. The summed E-state index contributed by atoms with van der Waals surface area (Å²) in [6.45, 7) is 0. The van der Waals surface area contributed by atoms with Gasteiger partial charge in [0.15, 0.2) is 12.2 Å². The van der Waals surface area contributed by atoms with E-state index in [1.807, 2.05) is 0 Å². The van der Waals surface area contributed by atoms with Crippen LogP contribution in [0.3, 0.4) is 0 Å². The van der Waals surface area contributed by atoms with E-state index < -0.39 is 0 Å². The standard InChI is InChI=1S/C3H3NO2S.K.H/c5-3-1-2-6-7-4-3;;/h1-2H,(H,4,5);;. The molecule has 0 saturated heterocycles. The van der Waals surface area contributed by atoms with Gasteiger partial charge in [-0.25, -0.2) is 0 Å². The van der Waals surface area contributed by atoms with E-state index in [1.165, 1.54) is 12.3 Å². The minimum absolute atomic E-state index is 0. The average molecular weight is 157 g/mol. The van der Waals surface area contributed by atoms with E-state index in [1.54, 1.807) is 0 Å². The Morgan fingerprint density at radius 2 is 2.50 bits per heavy atom. The second-order valence-corrected chi connectivity index (χ2v) is 1.51. The molecule has 0 aromatic carbocycles. The van der Waals surface area contributed by atoms with Crippen molar-refractivity contribution in [1.82, 2.24) is 4.72 Å². The van der Waals surface area contributed by atoms with Gasteiger partial charge in [-0.15, -0.1) is 0 Å². The van der Waals surface area contributed by atoms with Crippen LogP contribution in [0.1, 0.15) is 0 Å². The fraction of sp³-hybridized carbons (Fsp3) is 0. The summed E-state index contributed by atoms with van der Waals surface area (Å²) in [6, 6.07) is 0. The number of nitrogens with one attached hydrogen (secondary N) is 1. The summed E-state index contributed by atoms with van der Waals surface area (Å²) in [5.74, 6) is -0.128. The van der Waals surface area contributed by atoms with Crippen LogP contribution < -0.4 is 4.72 Å². The molecule has 0 aliphatic carbocycles. The molecule has 0 fully saturated rings. The zero-order chi connectivity index (χ0) is 5.11. The molecule has 0 saturated carbocycles. The summed E-state index contributed by atoms with van der Waals surface area (Å²) in [4.78, 5) is 10.2. The van der Waals surface area contributed by atoms with Gasteiger partial charge in [0.2, 0.25) is 0 Å². The van der Waals surface area contributed by atoms with E-state index in [0.29, 0.717) is 0 Å². The summed E-state index contributed by atoms with van der Waals surface area (Å²) in [5, 5.41) is 0. The molecule has 0 radical (unpaired) electrons. The Labute approximate surface area is 94.0 Å². The average Bonchev–Trinajstić information content (AvgIpc) is 1.69. The number of hydrogen-bond acceptors (Lipinski definition) is 3. The number of hydrogen-bond donors (Lipinski definition) is 1. The molecule has 1 aliphatic rings. The first-order chi connectivity index (χ1) is 3.39. The van der Waals surface area contributed by atoms with E-state index in [4.69, 9.17) is 0 Å². The molecule has 1 heterocycles. The van der Waals surface area contributed by atoms with E-state index in [-0.39, 0.29) is 57.3 Å². The Kier molecular flexibility index (Phi) is 5.44. The third kappa shape index (κ3) is 3.11. The molecule has 1 amide bonds. The van der Waals surface area contributed by atoms with Crippen LogP contribution in [0.25, 0.3) is 0 Å². The minimum atomic E-state index is -0.128. The zero-order valence-corrected chi connectivity index (χ0v) is 4.20. The van der Waals surface area contributed by atoms with Crippen LogP contribution in [0.15, 0.2) is 12.3 Å². The second-order valence-electron chi connectivity index (χ2n) is 0.949. The van der Waals surface area contributed by atoms with E-state index in [9.17, 15) is 4.79 Å². The maximum atomic E-state index is 10.2. The molecule has 0 unspecified atom stereocenters. The van der Waals surface area contributed by atoms with Crippen molar-refractivity contribution in [1.29, 1.82) is 0 Å². The summed E-state index contributed by atoms with van der Waals surface area (Å²) in [7, 11) is 0. The maximum absolute atomic E-state index is 10.2. The van der Waals surface area contributed by atoms with Gasteiger partial charge in [-0.1, -0.05) is 0 Å². The van der Waals surface area contributed by atoms with Crippen LogP contribution in [0.4, 0.5) is 0 Å². The van der Waals surface area contributed by atoms with Crippen molar-refractivity contribution in [2.75, 3.05) is 0 Å². The van der Waals surface area contributed by atoms with Crippen LogP contribution in [0, 0.1) is 0 Å². The number of carbonyl (C=O) groups excluding carboxylic acids is 1. The van der Waals surface area contributed by atoms with Gasteiger partial charge in [0.1, 0.15) is 6.26 Å². The molecule has 0 bridgehead atoms. The van der Waals surface area contributed by atoms with Gasteiger partial charge in [-0.05, 0) is 0 Å². The summed E-state index contributed by atoms with van der Waals surface area (Å²) in [6.07, 6.45) is 2.65. The van der Waals surface area contributed by atoms with Gasteiger partial charge < -0.3 is 4.18 Å². The van der Waals surface area contributed by atoms with E-state index in [2.05, 4.69) is 8.91 Å². The molecule has 5 heteroatoms. The predicted octanol–water partition coefficient (Wildman–Crippen LogP) is -0.439. The number of amides is 1. The van der Waals surface area contributed by atoms with Crippen LogP contribution in [0.5, 0.6) is 0 Å². The molecule has 40 valence electrons. The number of rotatable bonds is 0. The molecular weight excluding hydrogens is 153 g/mol. The summed E-state index contributed by atoms with van der Waals surface area (Å²) < 4.78 is 6.89. The first-order valence-electron chi connectivity index (χ1n) is 1.68. The molecule has 0 spiro atoms. The molecule has 8 heavy (non-hydrogen) atoms. The molecular formula is C3H4KNO2S. The topological polar surface area (TPSA) is 38.3 Å². The van der Waals surface area contributed by atoms with Gasteiger partial charge in [0.25, 0.3) is 5.91 Å². The van der Waals surface area contributed by atoms with E-state index >= 15 is 0 Å². The van der Waals surface area contributed by atoms with Crippen LogP contribution in [0.2, 0.25) is 0 Å². The third-order valence-corrected chi connectivity index (χ3v) is 0.957. The van der Waals surface area contributed by atoms with Gasteiger partial charge in [-0.3, -0.25) is 9.52 Å². The van der Waals surface area contributed by atoms with Crippen LogP contribution >= 0.6 is 12.2 Å². The molecule has 1 N–H and O–H groups in total. The summed E-state index contributed by atoms with van der Waals surface area (Å²) in [5.41, 5.74) is 0. The zero-order valence-electron chi connectivity index (χ0n) is 3.38. The van der Waals surface area contributed by atoms with Crippen molar-refractivity contribution >= 4 is 69.5 Å². The summed E-state index contributed by atoms with van der Waals surface area (Å²) >= 11 is 0.917. The molecule has 0 aromatic heterocycles. The quantitative estimate of drug-likeness (QED) is 0.294. The Morgan fingerprint density at radius 3 is 2.75 bits per heavy atom. The van der Waals surface area contributed by atoms with Crippen molar-refractivity contribution in [3.05, 3.63) is 12.3 Å². The monoisotopic (exact) mass is 157 g/mol. The Morgan fingerprint density at radius 1 is 1.75 bits per heavy atom. The first-order valence-corrected chi connectivity index (χ1v) is 2.42. The van der Waals surface area contributed by atoms with Crippen molar-refractivity contribution in [2.45, 2.75) is 0 Å². The van der Waals surface area contributed by atoms with Crippen LogP contribution in [-0.2, 0) is 8.98 Å². The Hall–Kier alpha value is 0.996. The molecule has 1 rings (SSSR count). The van der Waals surface area contributed by atoms with Crippen molar-refractivity contribution in [3.8, 4) is 0 Å². The van der Waals surface area contributed by atoms with Gasteiger partial charge >= 0.3 is 51.4 Å². The normalized spacial score (nSPS) is 15.8.